The van der Waals surface area contributed by atoms with Crippen LogP contribution in [0.2, 0.25) is 20.1 Å². The Labute approximate surface area is 224 Å². The van der Waals surface area contributed by atoms with Gasteiger partial charge in [-0.2, -0.15) is 5.10 Å². The molecule has 0 unspecified atom stereocenters. The monoisotopic (exact) mass is 542 g/mol. The second-order valence-corrected chi connectivity index (χ2v) is 10.2. The van der Waals surface area contributed by atoms with E-state index in [9.17, 15) is 4.79 Å². The summed E-state index contributed by atoms with van der Waals surface area (Å²) in [6.07, 6.45) is 1.63. The fraction of sp³-hybridized carbons (Fsp3) is 0.185. The second kappa shape index (κ2) is 10.2. The molecule has 1 aliphatic heterocycles. The van der Waals surface area contributed by atoms with E-state index in [1.807, 2.05) is 47.4 Å². The summed E-state index contributed by atoms with van der Waals surface area (Å²) >= 11 is 24.9. The zero-order valence-electron chi connectivity index (χ0n) is 18.5. The smallest absolute Gasteiger partial charge is 0.275 e. The molecule has 1 radical (unpaired) electrons. The summed E-state index contributed by atoms with van der Waals surface area (Å²) in [5, 5.41) is 7.03. The van der Waals surface area contributed by atoms with Crippen molar-refractivity contribution in [3.63, 3.8) is 0 Å². The molecule has 0 atom stereocenters. The molecule has 3 aromatic carbocycles. The van der Waals surface area contributed by atoms with Crippen LogP contribution < -0.4 is 0 Å². The Morgan fingerprint density at radius 1 is 0.857 bits per heavy atom. The third kappa shape index (κ3) is 5.22. The fourth-order valence-corrected chi connectivity index (χ4v) is 5.30. The molecule has 1 fully saturated rings. The van der Waals surface area contributed by atoms with Gasteiger partial charge in [-0.15, -0.1) is 0 Å². The molecule has 177 valence electrons. The first-order chi connectivity index (χ1) is 16.9. The van der Waals surface area contributed by atoms with Crippen LogP contribution in [0.4, 0.5) is 0 Å². The quantitative estimate of drug-likeness (QED) is 0.261. The van der Waals surface area contributed by atoms with Gasteiger partial charge in [-0.1, -0.05) is 70.7 Å². The molecule has 1 aromatic heterocycles. The number of benzene rings is 3. The van der Waals surface area contributed by atoms with Gasteiger partial charge in [0.2, 0.25) is 0 Å². The highest BCUT2D eigenvalue weighted by Crippen LogP contribution is 2.33. The molecule has 1 saturated heterocycles. The molecule has 0 bridgehead atoms. The average molecular weight is 544 g/mol. The van der Waals surface area contributed by atoms with Crippen LogP contribution in [0.5, 0.6) is 0 Å². The maximum atomic E-state index is 13.4. The van der Waals surface area contributed by atoms with Crippen LogP contribution in [0.3, 0.4) is 0 Å². The molecule has 2 heterocycles. The number of carbonyl (C=O) groups is 1. The number of para-hydroxylation sites is 1. The van der Waals surface area contributed by atoms with E-state index in [-0.39, 0.29) is 11.6 Å². The van der Waals surface area contributed by atoms with Gasteiger partial charge < -0.3 is 4.90 Å². The summed E-state index contributed by atoms with van der Waals surface area (Å²) in [6.45, 7) is 1.22. The fourth-order valence-electron chi connectivity index (χ4n) is 4.41. The van der Waals surface area contributed by atoms with Crippen LogP contribution in [-0.2, 0) is 0 Å². The number of aromatic nitrogens is 2. The Hall–Kier alpha value is -2.50. The third-order valence-electron chi connectivity index (χ3n) is 6.19. The van der Waals surface area contributed by atoms with E-state index in [0.717, 1.165) is 24.0 Å². The first kappa shape index (κ1) is 24.2. The first-order valence-electron chi connectivity index (χ1n) is 11.2. The van der Waals surface area contributed by atoms with Crippen LogP contribution in [-0.4, -0.2) is 33.7 Å². The number of carbonyl (C=O) groups excluding carboxylic acids is 1. The minimum absolute atomic E-state index is 0.159. The zero-order valence-corrected chi connectivity index (χ0v) is 21.5. The van der Waals surface area contributed by atoms with E-state index >= 15 is 0 Å². The lowest BCUT2D eigenvalue weighted by Crippen LogP contribution is -2.38. The Morgan fingerprint density at radius 3 is 2.17 bits per heavy atom. The van der Waals surface area contributed by atoms with Crippen molar-refractivity contribution < 1.29 is 4.79 Å². The van der Waals surface area contributed by atoms with Crippen molar-refractivity contribution in [3.8, 4) is 16.9 Å². The highest BCUT2D eigenvalue weighted by molar-refractivity contribution is 6.34. The topological polar surface area (TPSA) is 38.1 Å². The number of halogens is 4. The van der Waals surface area contributed by atoms with Crippen molar-refractivity contribution in [2.24, 2.45) is 0 Å². The molecular formula is C27H20Cl4N3O. The van der Waals surface area contributed by atoms with Gasteiger partial charge in [0.25, 0.3) is 5.91 Å². The zero-order chi connectivity index (χ0) is 24.5. The van der Waals surface area contributed by atoms with Crippen LogP contribution in [0, 0.1) is 6.07 Å². The summed E-state index contributed by atoms with van der Waals surface area (Å²) in [7, 11) is 0. The molecule has 35 heavy (non-hydrogen) atoms. The van der Waals surface area contributed by atoms with Crippen molar-refractivity contribution in [3.05, 3.63) is 104 Å². The number of hydrogen-bond acceptors (Lipinski definition) is 2. The highest BCUT2D eigenvalue weighted by Gasteiger charge is 2.28. The van der Waals surface area contributed by atoms with Crippen LogP contribution in [0.15, 0.2) is 66.7 Å². The number of nitrogens with zero attached hydrogens (tertiary/aromatic N) is 3. The number of rotatable bonds is 4. The van der Waals surface area contributed by atoms with Gasteiger partial charge in [-0.3, -0.25) is 4.79 Å². The lowest BCUT2D eigenvalue weighted by molar-refractivity contribution is 0.0706. The molecule has 0 spiro atoms. The number of hydrogen-bond donors (Lipinski definition) is 0. The molecule has 4 nitrogen and oxygen atoms in total. The van der Waals surface area contributed by atoms with Crippen molar-refractivity contribution in [2.75, 3.05) is 13.1 Å². The van der Waals surface area contributed by atoms with Gasteiger partial charge in [-0.25, -0.2) is 4.68 Å². The molecule has 0 N–H and O–H groups in total. The lowest BCUT2D eigenvalue weighted by atomic mass is 9.89. The van der Waals surface area contributed by atoms with Crippen molar-refractivity contribution >= 4 is 52.3 Å². The van der Waals surface area contributed by atoms with Crippen LogP contribution >= 0.6 is 46.4 Å². The summed E-state index contributed by atoms with van der Waals surface area (Å²) in [6, 6.07) is 23.6. The maximum Gasteiger partial charge on any atom is 0.275 e. The van der Waals surface area contributed by atoms with Gasteiger partial charge in [0, 0.05) is 39.8 Å². The average Bonchev–Trinajstić information content (AvgIpc) is 3.29. The van der Waals surface area contributed by atoms with E-state index in [1.54, 1.807) is 28.9 Å². The molecular weight excluding hydrogens is 524 g/mol. The van der Waals surface area contributed by atoms with Gasteiger partial charge in [0.05, 0.1) is 16.4 Å². The summed E-state index contributed by atoms with van der Waals surface area (Å²) in [5.41, 5.74) is 3.50. The molecule has 8 heteroatoms. The van der Waals surface area contributed by atoms with Gasteiger partial charge >= 0.3 is 0 Å². The van der Waals surface area contributed by atoms with Crippen LogP contribution in [0.25, 0.3) is 16.9 Å². The SMILES string of the molecule is O=C(c1[c]c(-c2ccc(Cl)cc2)n(-c2ccccc2Cl)n1)N1CCC(c2cc(Cl)cc(Cl)c2)CC1. The number of amides is 1. The van der Waals surface area contributed by atoms with Crippen LogP contribution in [0.1, 0.15) is 34.8 Å². The minimum atomic E-state index is -0.159. The third-order valence-corrected chi connectivity index (χ3v) is 7.20. The first-order valence-corrected chi connectivity index (χ1v) is 12.7. The van der Waals surface area contributed by atoms with Gasteiger partial charge in [-0.05, 0) is 66.8 Å². The lowest BCUT2D eigenvalue weighted by Gasteiger charge is -2.32. The van der Waals surface area contributed by atoms with E-state index in [4.69, 9.17) is 46.4 Å². The normalized spacial score (nSPS) is 14.3. The predicted octanol–water partition coefficient (Wildman–Crippen LogP) is 7.97. The highest BCUT2D eigenvalue weighted by atomic mass is 35.5. The Kier molecular flexibility index (Phi) is 7.08. The van der Waals surface area contributed by atoms with Crippen molar-refractivity contribution in [2.45, 2.75) is 18.8 Å². The number of likely N-dealkylation sites (tertiary alicyclic amines) is 1. The van der Waals surface area contributed by atoms with E-state index in [2.05, 4.69) is 11.2 Å². The molecule has 1 amide bonds. The summed E-state index contributed by atoms with van der Waals surface area (Å²) < 4.78 is 1.67. The molecule has 4 aromatic rings. The van der Waals surface area contributed by atoms with Crippen molar-refractivity contribution in [1.82, 2.24) is 14.7 Å². The number of piperidine rings is 1. The maximum absolute atomic E-state index is 13.4. The van der Waals surface area contributed by atoms with E-state index in [1.165, 1.54) is 0 Å². The molecule has 0 aliphatic carbocycles. The molecule has 1 aliphatic rings. The predicted molar refractivity (Wildman–Crippen MR) is 142 cm³/mol. The minimum Gasteiger partial charge on any atom is -0.337 e. The Balaban J connectivity index is 1.42. The Bertz CT molecular complexity index is 1360. The van der Waals surface area contributed by atoms with Gasteiger partial charge in [0.15, 0.2) is 5.69 Å². The Morgan fingerprint density at radius 2 is 1.51 bits per heavy atom. The summed E-state index contributed by atoms with van der Waals surface area (Å²) in [5.74, 6) is 0.137. The van der Waals surface area contributed by atoms with E-state index < -0.39 is 0 Å². The summed E-state index contributed by atoms with van der Waals surface area (Å²) in [4.78, 5) is 15.3. The largest absolute Gasteiger partial charge is 0.337 e. The molecule has 5 rings (SSSR count). The van der Waals surface area contributed by atoms with E-state index in [0.29, 0.717) is 50.5 Å². The standard InChI is InChI=1S/C27H20Cl4N3O/c28-20-7-5-18(6-8-20)26-16-24(32-34(26)25-4-2-1-3-23(25)31)27(35)33-11-9-17(10-12-33)19-13-21(29)15-22(30)14-19/h1-8,13-15,17H,9-12H2. The molecule has 0 saturated carbocycles. The second-order valence-electron chi connectivity index (χ2n) is 8.46. The van der Waals surface area contributed by atoms with Gasteiger partial charge in [0.1, 0.15) is 0 Å². The van der Waals surface area contributed by atoms with Crippen molar-refractivity contribution in [1.29, 1.82) is 0 Å².